The molecule has 1 N–H and O–H groups in total. The minimum Gasteiger partial charge on any atom is -0.356 e. The summed E-state index contributed by atoms with van der Waals surface area (Å²) < 4.78 is 0.949. The number of piperazine rings is 1. The van der Waals surface area contributed by atoms with Crippen molar-refractivity contribution in [1.82, 2.24) is 14.8 Å². The van der Waals surface area contributed by atoms with Gasteiger partial charge in [-0.3, -0.25) is 9.59 Å². The first-order chi connectivity index (χ1) is 16.6. The summed E-state index contributed by atoms with van der Waals surface area (Å²) in [6.07, 6.45) is 1.26. The van der Waals surface area contributed by atoms with E-state index in [0.717, 1.165) is 38.6 Å². The van der Waals surface area contributed by atoms with Crippen LogP contribution >= 0.6 is 15.9 Å². The van der Waals surface area contributed by atoms with Crippen LogP contribution < -0.4 is 0 Å². The van der Waals surface area contributed by atoms with E-state index in [-0.39, 0.29) is 24.4 Å². The maximum atomic E-state index is 13.8. The van der Waals surface area contributed by atoms with E-state index < -0.39 is 6.04 Å². The quantitative estimate of drug-likeness (QED) is 0.423. The van der Waals surface area contributed by atoms with E-state index in [4.69, 9.17) is 0 Å². The monoisotopic (exact) mass is 513 g/mol. The number of para-hydroxylation sites is 1. The van der Waals surface area contributed by atoms with Crippen molar-refractivity contribution in [2.45, 2.75) is 24.9 Å². The van der Waals surface area contributed by atoms with E-state index in [2.05, 4.69) is 45.2 Å². The maximum absolute atomic E-state index is 13.8. The number of fused-ring (bicyclic) bond motifs is 4. The van der Waals surface area contributed by atoms with Crippen LogP contribution in [0.3, 0.4) is 0 Å². The average molecular weight is 514 g/mol. The molecule has 2 amide bonds. The Morgan fingerprint density at radius 2 is 1.74 bits per heavy atom. The number of aromatic amines is 1. The zero-order valence-electron chi connectivity index (χ0n) is 18.6. The maximum Gasteiger partial charge on any atom is 0.246 e. The predicted octanol–water partition coefficient (Wildman–Crippen LogP) is 4.86. The number of carbonyl (C=O) groups excluding carboxylic acids is 2. The van der Waals surface area contributed by atoms with Gasteiger partial charge in [-0.25, -0.2) is 0 Å². The van der Waals surface area contributed by atoms with Crippen molar-refractivity contribution < 1.29 is 9.59 Å². The molecule has 0 saturated carbocycles. The van der Waals surface area contributed by atoms with Crippen molar-refractivity contribution in [2.75, 3.05) is 13.1 Å². The Morgan fingerprint density at radius 1 is 0.941 bits per heavy atom. The second-order valence-corrected chi connectivity index (χ2v) is 9.95. The summed E-state index contributed by atoms with van der Waals surface area (Å²) in [6, 6.07) is 25.5. The van der Waals surface area contributed by atoms with Crippen molar-refractivity contribution in [3.05, 3.63) is 106 Å². The molecule has 3 heterocycles. The number of benzene rings is 3. The predicted molar refractivity (Wildman–Crippen MR) is 135 cm³/mol. The molecule has 1 aromatic heterocycles. The van der Waals surface area contributed by atoms with Gasteiger partial charge in [0.25, 0.3) is 0 Å². The Hall–Kier alpha value is -3.38. The molecule has 1 fully saturated rings. The number of hydrogen-bond acceptors (Lipinski definition) is 2. The van der Waals surface area contributed by atoms with Gasteiger partial charge in [0.05, 0.1) is 12.6 Å². The first kappa shape index (κ1) is 21.2. The van der Waals surface area contributed by atoms with E-state index in [1.807, 2.05) is 59.5 Å². The van der Waals surface area contributed by atoms with E-state index in [1.165, 1.54) is 5.56 Å². The number of nitrogens with one attached hydrogen (secondary N) is 1. The SMILES string of the molecule is O=C1[C@@H]2Cc3c([nH]c4ccccc34)[C@@H](c3cccc(Br)c3)N2C(=O)CN1CCc1ccccc1. The van der Waals surface area contributed by atoms with Gasteiger partial charge in [-0.2, -0.15) is 0 Å². The number of aromatic nitrogens is 1. The molecule has 0 bridgehead atoms. The Kier molecular flexibility index (Phi) is 5.26. The largest absolute Gasteiger partial charge is 0.356 e. The van der Waals surface area contributed by atoms with Crippen LogP contribution in [-0.4, -0.2) is 45.7 Å². The molecular weight excluding hydrogens is 490 g/mol. The molecule has 0 unspecified atom stereocenters. The van der Waals surface area contributed by atoms with E-state index >= 15 is 0 Å². The Labute approximate surface area is 206 Å². The van der Waals surface area contributed by atoms with Gasteiger partial charge in [-0.15, -0.1) is 0 Å². The van der Waals surface area contributed by atoms with Gasteiger partial charge in [0.15, 0.2) is 0 Å². The molecule has 0 spiro atoms. The van der Waals surface area contributed by atoms with Crippen molar-refractivity contribution >= 4 is 38.6 Å². The summed E-state index contributed by atoms with van der Waals surface area (Å²) in [5, 5.41) is 1.12. The lowest BCUT2D eigenvalue weighted by molar-refractivity contribution is -0.158. The fourth-order valence-corrected chi connectivity index (χ4v) is 5.86. The molecule has 0 radical (unpaired) electrons. The van der Waals surface area contributed by atoms with Gasteiger partial charge in [0.1, 0.15) is 6.04 Å². The number of halogens is 1. The molecule has 2 atom stereocenters. The van der Waals surface area contributed by atoms with Crippen molar-refractivity contribution in [3.8, 4) is 0 Å². The van der Waals surface area contributed by atoms with Gasteiger partial charge in [-0.1, -0.05) is 76.6 Å². The summed E-state index contributed by atoms with van der Waals surface area (Å²) in [6.45, 7) is 0.656. The second kappa shape index (κ2) is 8.44. The van der Waals surface area contributed by atoms with Crippen LogP contribution in [0, 0.1) is 0 Å². The highest BCUT2D eigenvalue weighted by molar-refractivity contribution is 9.10. The highest BCUT2D eigenvalue weighted by Crippen LogP contribution is 2.42. The molecule has 2 aliphatic rings. The lowest BCUT2D eigenvalue weighted by Gasteiger charge is -2.47. The molecule has 2 aliphatic heterocycles. The minimum absolute atomic E-state index is 0.00746. The Bertz CT molecular complexity index is 1400. The molecule has 3 aromatic carbocycles. The van der Waals surface area contributed by atoms with Crippen molar-refractivity contribution in [3.63, 3.8) is 0 Å². The zero-order valence-corrected chi connectivity index (χ0v) is 20.2. The standard InChI is InChI=1S/C28H24BrN3O2/c29-20-10-6-9-19(15-20)27-26-22(21-11-4-5-12-23(21)30-26)16-24-28(34)31(17-25(33)32(24)27)14-13-18-7-2-1-3-8-18/h1-12,15,24,27,30H,13-14,16-17H2/t24-,27+/m0/s1. The molecule has 5 nitrogen and oxygen atoms in total. The summed E-state index contributed by atoms with van der Waals surface area (Å²) in [5.41, 5.74) is 5.33. The van der Waals surface area contributed by atoms with Crippen LogP contribution in [0.4, 0.5) is 0 Å². The zero-order chi connectivity index (χ0) is 23.2. The summed E-state index contributed by atoms with van der Waals surface area (Å²) in [5.74, 6) is 0.0263. The van der Waals surface area contributed by atoms with Crippen molar-refractivity contribution in [1.29, 1.82) is 0 Å². The van der Waals surface area contributed by atoms with Crippen LogP contribution in [0.25, 0.3) is 10.9 Å². The number of H-pyrrole nitrogens is 1. The number of amides is 2. The number of carbonyl (C=O) groups is 2. The van der Waals surface area contributed by atoms with Gasteiger partial charge < -0.3 is 14.8 Å². The smallest absolute Gasteiger partial charge is 0.246 e. The lowest BCUT2D eigenvalue weighted by atomic mass is 9.86. The molecule has 6 heteroatoms. The van der Waals surface area contributed by atoms with Gasteiger partial charge >= 0.3 is 0 Å². The van der Waals surface area contributed by atoms with Crippen molar-refractivity contribution in [2.24, 2.45) is 0 Å². The molecule has 34 heavy (non-hydrogen) atoms. The van der Waals surface area contributed by atoms with E-state index in [9.17, 15) is 9.59 Å². The normalized spacial score (nSPS) is 19.9. The molecule has 170 valence electrons. The third-order valence-electron chi connectivity index (χ3n) is 7.02. The minimum atomic E-state index is -0.507. The molecule has 6 rings (SSSR count). The number of hydrogen-bond donors (Lipinski definition) is 1. The topological polar surface area (TPSA) is 56.4 Å². The molecular formula is C28H24BrN3O2. The summed E-state index contributed by atoms with van der Waals surface area (Å²) in [7, 11) is 0. The first-order valence-electron chi connectivity index (χ1n) is 11.6. The summed E-state index contributed by atoms with van der Waals surface area (Å²) in [4.78, 5) is 34.5. The van der Waals surface area contributed by atoms with Crippen LogP contribution in [0.5, 0.6) is 0 Å². The molecule has 4 aromatic rings. The third kappa shape index (κ3) is 3.53. The van der Waals surface area contributed by atoms with Gasteiger partial charge in [-0.05, 0) is 41.3 Å². The van der Waals surface area contributed by atoms with Crippen LogP contribution in [0.1, 0.15) is 28.4 Å². The highest BCUT2D eigenvalue weighted by Gasteiger charge is 2.48. The fraction of sp³-hybridized carbons (Fsp3) is 0.214. The van der Waals surface area contributed by atoms with E-state index in [1.54, 1.807) is 4.90 Å². The third-order valence-corrected chi connectivity index (χ3v) is 7.51. The van der Waals surface area contributed by atoms with Crippen LogP contribution in [-0.2, 0) is 22.4 Å². The van der Waals surface area contributed by atoms with Gasteiger partial charge in [0.2, 0.25) is 11.8 Å². The highest BCUT2D eigenvalue weighted by atomic mass is 79.9. The Balaban J connectivity index is 1.41. The number of nitrogens with zero attached hydrogens (tertiary/aromatic N) is 2. The average Bonchev–Trinajstić information content (AvgIpc) is 3.23. The molecule has 1 saturated heterocycles. The van der Waals surface area contributed by atoms with Crippen LogP contribution in [0.15, 0.2) is 83.3 Å². The fourth-order valence-electron chi connectivity index (χ4n) is 5.44. The second-order valence-electron chi connectivity index (χ2n) is 9.04. The van der Waals surface area contributed by atoms with E-state index in [0.29, 0.717) is 13.0 Å². The lowest BCUT2D eigenvalue weighted by Crippen LogP contribution is -2.63. The van der Waals surface area contributed by atoms with Crippen LogP contribution in [0.2, 0.25) is 0 Å². The molecule has 0 aliphatic carbocycles. The summed E-state index contributed by atoms with van der Waals surface area (Å²) >= 11 is 3.58. The number of rotatable bonds is 4. The Morgan fingerprint density at radius 3 is 2.56 bits per heavy atom. The first-order valence-corrected chi connectivity index (χ1v) is 12.4. The van der Waals surface area contributed by atoms with Gasteiger partial charge in [0, 0.05) is 34.0 Å².